The molecule has 0 spiro atoms. The molecule has 0 aliphatic heterocycles. The Labute approximate surface area is 138 Å². The minimum atomic E-state index is 0.405. The summed E-state index contributed by atoms with van der Waals surface area (Å²) in [4.78, 5) is 4.51. The van der Waals surface area contributed by atoms with Crippen molar-refractivity contribution in [3.63, 3.8) is 0 Å². The van der Waals surface area contributed by atoms with E-state index in [9.17, 15) is 0 Å². The lowest BCUT2D eigenvalue weighted by Gasteiger charge is -1.97. The molecule has 0 radical (unpaired) electrons. The largest absolute Gasteiger partial charge is 0.253 e. The van der Waals surface area contributed by atoms with Crippen LogP contribution < -0.4 is 5.43 Å². The SMILES string of the molecule is N#CCc1cccc(C=NNc2nc(-c3ccccc3)cs2)c1. The number of thiazole rings is 1. The second-order valence-electron chi connectivity index (χ2n) is 4.85. The molecule has 3 aromatic rings. The van der Waals surface area contributed by atoms with E-state index in [0.29, 0.717) is 6.42 Å². The van der Waals surface area contributed by atoms with Crippen molar-refractivity contribution in [1.82, 2.24) is 4.98 Å². The molecule has 0 bridgehead atoms. The molecule has 0 atom stereocenters. The Morgan fingerprint density at radius 2 is 2.04 bits per heavy atom. The first-order chi connectivity index (χ1) is 11.3. The van der Waals surface area contributed by atoms with Crippen molar-refractivity contribution in [2.24, 2.45) is 5.10 Å². The lowest BCUT2D eigenvalue weighted by atomic mass is 10.1. The van der Waals surface area contributed by atoms with E-state index in [4.69, 9.17) is 5.26 Å². The Hall–Kier alpha value is -2.97. The van der Waals surface area contributed by atoms with Crippen LogP contribution in [0.5, 0.6) is 0 Å². The molecule has 0 fully saturated rings. The third-order valence-electron chi connectivity index (χ3n) is 3.18. The summed E-state index contributed by atoms with van der Waals surface area (Å²) in [6.07, 6.45) is 2.13. The number of hydrogen-bond donors (Lipinski definition) is 1. The first kappa shape index (κ1) is 14.9. The number of hydrogen-bond acceptors (Lipinski definition) is 5. The van der Waals surface area contributed by atoms with E-state index in [-0.39, 0.29) is 0 Å². The highest BCUT2D eigenvalue weighted by Crippen LogP contribution is 2.24. The van der Waals surface area contributed by atoms with Crippen molar-refractivity contribution >= 4 is 22.7 Å². The van der Waals surface area contributed by atoms with E-state index in [1.165, 1.54) is 11.3 Å². The number of aromatic nitrogens is 1. The zero-order valence-electron chi connectivity index (χ0n) is 12.3. The Morgan fingerprint density at radius 1 is 1.17 bits per heavy atom. The molecule has 23 heavy (non-hydrogen) atoms. The first-order valence-corrected chi connectivity index (χ1v) is 7.99. The number of nitrogens with zero attached hydrogens (tertiary/aromatic N) is 3. The normalized spacial score (nSPS) is 10.6. The molecular formula is C18H14N4S. The van der Waals surface area contributed by atoms with Crippen molar-refractivity contribution in [2.45, 2.75) is 6.42 Å². The zero-order chi connectivity index (χ0) is 15.9. The fraction of sp³-hybridized carbons (Fsp3) is 0.0556. The van der Waals surface area contributed by atoms with E-state index in [1.807, 2.05) is 60.0 Å². The molecule has 0 aliphatic carbocycles. The Morgan fingerprint density at radius 3 is 2.87 bits per heavy atom. The van der Waals surface area contributed by atoms with Gasteiger partial charge in [0.05, 0.1) is 24.4 Å². The number of nitriles is 1. The van der Waals surface area contributed by atoms with Crippen LogP contribution in [0.3, 0.4) is 0 Å². The van der Waals surface area contributed by atoms with Gasteiger partial charge in [-0.05, 0) is 17.2 Å². The number of rotatable bonds is 5. The van der Waals surface area contributed by atoms with Gasteiger partial charge in [-0.15, -0.1) is 11.3 Å². The van der Waals surface area contributed by atoms with Gasteiger partial charge in [-0.2, -0.15) is 10.4 Å². The molecule has 0 amide bonds. The van der Waals surface area contributed by atoms with Gasteiger partial charge in [0.1, 0.15) is 0 Å². The minimum absolute atomic E-state index is 0.405. The summed E-state index contributed by atoms with van der Waals surface area (Å²) in [6, 6.07) is 19.9. The third kappa shape index (κ3) is 4.02. The molecule has 1 heterocycles. The quantitative estimate of drug-likeness (QED) is 0.563. The fourth-order valence-corrected chi connectivity index (χ4v) is 2.77. The van der Waals surface area contributed by atoms with Gasteiger partial charge >= 0.3 is 0 Å². The predicted octanol–water partition coefficient (Wildman–Crippen LogP) is 4.32. The number of anilines is 1. The second-order valence-corrected chi connectivity index (χ2v) is 5.71. The van der Waals surface area contributed by atoms with Crippen LogP contribution in [0.15, 0.2) is 65.1 Å². The maximum atomic E-state index is 8.73. The monoisotopic (exact) mass is 318 g/mol. The van der Waals surface area contributed by atoms with Gasteiger partial charge in [0.25, 0.3) is 0 Å². The maximum Gasteiger partial charge on any atom is 0.203 e. The first-order valence-electron chi connectivity index (χ1n) is 7.11. The van der Waals surface area contributed by atoms with Gasteiger partial charge < -0.3 is 0 Å². The van der Waals surface area contributed by atoms with Crippen LogP contribution in [0, 0.1) is 11.3 Å². The molecule has 0 unspecified atom stereocenters. The van der Waals surface area contributed by atoms with Crippen LogP contribution in [-0.2, 0) is 6.42 Å². The predicted molar refractivity (Wildman–Crippen MR) is 94.5 cm³/mol. The smallest absolute Gasteiger partial charge is 0.203 e. The van der Waals surface area contributed by atoms with Crippen LogP contribution in [0.1, 0.15) is 11.1 Å². The Kier molecular flexibility index (Phi) is 4.77. The molecule has 1 aromatic heterocycles. The Balaban J connectivity index is 1.66. The molecule has 4 nitrogen and oxygen atoms in total. The Bertz CT molecular complexity index is 847. The molecule has 0 saturated carbocycles. The average molecular weight is 318 g/mol. The highest BCUT2D eigenvalue weighted by molar-refractivity contribution is 7.14. The van der Waals surface area contributed by atoms with Crippen molar-refractivity contribution in [1.29, 1.82) is 5.26 Å². The fourth-order valence-electron chi connectivity index (χ4n) is 2.10. The van der Waals surface area contributed by atoms with Gasteiger partial charge in [0, 0.05) is 10.9 Å². The molecule has 2 aromatic carbocycles. The standard InChI is InChI=1S/C18H14N4S/c19-10-9-14-5-4-6-15(11-14)12-20-22-18-21-17(13-23-18)16-7-2-1-3-8-16/h1-8,11-13H,9H2,(H,21,22). The van der Waals surface area contributed by atoms with Gasteiger partial charge in [-0.1, -0.05) is 48.5 Å². The number of benzene rings is 2. The summed E-state index contributed by atoms with van der Waals surface area (Å²) in [6.45, 7) is 0. The van der Waals surface area contributed by atoms with Gasteiger partial charge in [0.2, 0.25) is 5.13 Å². The summed E-state index contributed by atoms with van der Waals surface area (Å²) in [5.74, 6) is 0. The second kappa shape index (κ2) is 7.34. The van der Waals surface area contributed by atoms with Crippen molar-refractivity contribution in [3.05, 3.63) is 71.1 Å². The summed E-state index contributed by atoms with van der Waals surface area (Å²) in [5, 5.41) is 15.7. The number of hydrazone groups is 1. The van der Waals surface area contributed by atoms with Gasteiger partial charge in [-0.25, -0.2) is 4.98 Å². The summed E-state index contributed by atoms with van der Waals surface area (Å²) < 4.78 is 0. The third-order valence-corrected chi connectivity index (χ3v) is 3.93. The zero-order valence-corrected chi connectivity index (χ0v) is 13.1. The lowest BCUT2D eigenvalue weighted by Crippen LogP contribution is -1.91. The van der Waals surface area contributed by atoms with E-state index in [0.717, 1.165) is 27.5 Å². The highest BCUT2D eigenvalue weighted by Gasteiger charge is 2.02. The van der Waals surface area contributed by atoms with Gasteiger partial charge in [0.15, 0.2) is 0 Å². The molecule has 5 heteroatoms. The van der Waals surface area contributed by atoms with E-state index in [2.05, 4.69) is 21.6 Å². The summed E-state index contributed by atoms with van der Waals surface area (Å²) in [7, 11) is 0. The van der Waals surface area contributed by atoms with E-state index >= 15 is 0 Å². The maximum absolute atomic E-state index is 8.73. The van der Waals surface area contributed by atoms with Crippen molar-refractivity contribution in [3.8, 4) is 17.3 Å². The average Bonchev–Trinajstić information content (AvgIpc) is 3.05. The van der Waals surface area contributed by atoms with Crippen LogP contribution >= 0.6 is 11.3 Å². The van der Waals surface area contributed by atoms with E-state index < -0.39 is 0 Å². The molecule has 1 N–H and O–H groups in total. The van der Waals surface area contributed by atoms with Crippen LogP contribution in [0.2, 0.25) is 0 Å². The molecular weight excluding hydrogens is 304 g/mol. The number of nitrogens with one attached hydrogen (secondary N) is 1. The topological polar surface area (TPSA) is 61.1 Å². The van der Waals surface area contributed by atoms with Crippen LogP contribution in [0.4, 0.5) is 5.13 Å². The van der Waals surface area contributed by atoms with E-state index in [1.54, 1.807) is 6.21 Å². The van der Waals surface area contributed by atoms with Crippen molar-refractivity contribution < 1.29 is 0 Å². The minimum Gasteiger partial charge on any atom is -0.253 e. The van der Waals surface area contributed by atoms with Crippen LogP contribution in [-0.4, -0.2) is 11.2 Å². The van der Waals surface area contributed by atoms with Crippen molar-refractivity contribution in [2.75, 3.05) is 5.43 Å². The molecule has 0 saturated heterocycles. The molecule has 112 valence electrons. The highest BCUT2D eigenvalue weighted by atomic mass is 32.1. The molecule has 3 rings (SSSR count). The summed E-state index contributed by atoms with van der Waals surface area (Å²) >= 11 is 1.51. The lowest BCUT2D eigenvalue weighted by molar-refractivity contribution is 1.26. The molecule has 0 aliphatic rings. The van der Waals surface area contributed by atoms with Crippen LogP contribution in [0.25, 0.3) is 11.3 Å². The summed E-state index contributed by atoms with van der Waals surface area (Å²) in [5.41, 5.74) is 6.90. The van der Waals surface area contributed by atoms with Gasteiger partial charge in [-0.3, -0.25) is 5.43 Å².